The van der Waals surface area contributed by atoms with Crippen LogP contribution in [0.25, 0.3) is 0 Å². The van der Waals surface area contributed by atoms with Gasteiger partial charge in [0, 0.05) is 5.56 Å². The van der Waals surface area contributed by atoms with Crippen LogP contribution in [0.4, 0.5) is 4.79 Å². The highest BCUT2D eigenvalue weighted by Crippen LogP contribution is 2.09. The van der Waals surface area contributed by atoms with E-state index in [-0.39, 0.29) is 13.2 Å². The lowest BCUT2D eigenvalue weighted by Crippen LogP contribution is -2.32. The van der Waals surface area contributed by atoms with Gasteiger partial charge in [0.25, 0.3) is 0 Å². The fourth-order valence-electron chi connectivity index (χ4n) is 1.08. The number of nitrogens with one attached hydrogen (secondary N) is 1. The normalized spacial score (nSPS) is 11.2. The number of hydrogen-bond donors (Lipinski definition) is 2. The number of rotatable bonds is 3. The van der Waals surface area contributed by atoms with Gasteiger partial charge in [-0.25, -0.2) is 4.79 Å². The van der Waals surface area contributed by atoms with E-state index in [2.05, 4.69) is 5.32 Å². The standard InChI is InChI=1S/C11H17NO4/c1-11(2,3)16-10(14)12-5-9-4-8(6-13)7-15-9/h4,7,13H,5-6H2,1-3H3,(H,12,14). The lowest BCUT2D eigenvalue weighted by Gasteiger charge is -2.19. The average molecular weight is 227 g/mol. The molecule has 1 rings (SSSR count). The molecular weight excluding hydrogens is 210 g/mol. The average Bonchev–Trinajstić information content (AvgIpc) is 2.59. The number of amides is 1. The van der Waals surface area contributed by atoms with Crippen molar-refractivity contribution in [2.24, 2.45) is 0 Å². The zero-order valence-electron chi connectivity index (χ0n) is 9.74. The molecule has 0 saturated heterocycles. The lowest BCUT2D eigenvalue weighted by molar-refractivity contribution is 0.0520. The third kappa shape index (κ3) is 4.35. The Hall–Kier alpha value is -1.49. The van der Waals surface area contributed by atoms with Gasteiger partial charge in [-0.2, -0.15) is 0 Å². The molecule has 0 radical (unpaired) electrons. The summed E-state index contributed by atoms with van der Waals surface area (Å²) in [6, 6.07) is 1.68. The van der Waals surface area contributed by atoms with Gasteiger partial charge in [0.2, 0.25) is 0 Å². The molecule has 0 aromatic carbocycles. The highest BCUT2D eigenvalue weighted by Gasteiger charge is 2.16. The second kappa shape index (κ2) is 5.03. The van der Waals surface area contributed by atoms with Gasteiger partial charge in [-0.05, 0) is 26.8 Å². The molecule has 0 aliphatic carbocycles. The summed E-state index contributed by atoms with van der Waals surface area (Å²) in [5, 5.41) is 11.4. The first-order chi connectivity index (χ1) is 7.40. The second-order valence-corrected chi connectivity index (χ2v) is 4.43. The van der Waals surface area contributed by atoms with Crippen molar-refractivity contribution in [1.82, 2.24) is 5.32 Å². The number of aliphatic hydroxyl groups is 1. The summed E-state index contributed by atoms with van der Waals surface area (Å²) < 4.78 is 10.2. The first-order valence-corrected chi connectivity index (χ1v) is 5.05. The molecule has 0 unspecified atom stereocenters. The zero-order valence-corrected chi connectivity index (χ0v) is 9.74. The molecule has 0 aliphatic rings. The molecule has 0 saturated carbocycles. The molecule has 1 heterocycles. The van der Waals surface area contributed by atoms with E-state index in [1.165, 1.54) is 6.26 Å². The molecule has 90 valence electrons. The van der Waals surface area contributed by atoms with E-state index in [4.69, 9.17) is 14.3 Å². The Morgan fingerprint density at radius 1 is 1.56 bits per heavy atom. The zero-order chi connectivity index (χ0) is 12.2. The van der Waals surface area contributed by atoms with Gasteiger partial charge in [0.15, 0.2) is 0 Å². The van der Waals surface area contributed by atoms with Gasteiger partial charge in [-0.3, -0.25) is 0 Å². The molecule has 1 aromatic rings. The van der Waals surface area contributed by atoms with Crippen LogP contribution >= 0.6 is 0 Å². The van der Waals surface area contributed by atoms with Gasteiger partial charge in [0.1, 0.15) is 11.4 Å². The molecule has 16 heavy (non-hydrogen) atoms. The Labute approximate surface area is 94.4 Å². The van der Waals surface area contributed by atoms with Crippen LogP contribution in [0.1, 0.15) is 32.1 Å². The first kappa shape index (κ1) is 12.6. The first-order valence-electron chi connectivity index (χ1n) is 5.05. The van der Waals surface area contributed by atoms with Gasteiger partial charge in [-0.15, -0.1) is 0 Å². The number of carbonyl (C=O) groups excluding carboxylic acids is 1. The number of alkyl carbamates (subject to hydrolysis) is 1. The number of hydrogen-bond acceptors (Lipinski definition) is 4. The molecule has 0 fully saturated rings. The number of aliphatic hydroxyl groups excluding tert-OH is 1. The van der Waals surface area contributed by atoms with Crippen LogP contribution in [0.15, 0.2) is 16.7 Å². The van der Waals surface area contributed by atoms with Crippen LogP contribution in [0.3, 0.4) is 0 Å². The van der Waals surface area contributed by atoms with Crippen LogP contribution in [0, 0.1) is 0 Å². The highest BCUT2D eigenvalue weighted by atomic mass is 16.6. The maximum absolute atomic E-state index is 11.3. The van der Waals surface area contributed by atoms with Crippen molar-refractivity contribution in [3.05, 3.63) is 23.7 Å². The van der Waals surface area contributed by atoms with Gasteiger partial charge < -0.3 is 19.6 Å². The van der Waals surface area contributed by atoms with Crippen molar-refractivity contribution in [3.63, 3.8) is 0 Å². The summed E-state index contributed by atoms with van der Waals surface area (Å²) in [6.07, 6.45) is 0.959. The van der Waals surface area contributed by atoms with Crippen molar-refractivity contribution in [2.75, 3.05) is 0 Å². The molecule has 5 nitrogen and oxygen atoms in total. The summed E-state index contributed by atoms with van der Waals surface area (Å²) in [5.41, 5.74) is 0.171. The van der Waals surface area contributed by atoms with Gasteiger partial charge in [-0.1, -0.05) is 0 Å². The minimum Gasteiger partial charge on any atom is -0.467 e. The summed E-state index contributed by atoms with van der Waals surface area (Å²) in [6.45, 7) is 5.56. The van der Waals surface area contributed by atoms with Crippen molar-refractivity contribution >= 4 is 6.09 Å². The Kier molecular flexibility index (Phi) is 3.95. The number of carbonyl (C=O) groups is 1. The van der Waals surface area contributed by atoms with Crippen molar-refractivity contribution < 1.29 is 19.1 Å². The van der Waals surface area contributed by atoms with Crippen LogP contribution in [-0.2, 0) is 17.9 Å². The minimum atomic E-state index is -0.510. The van der Waals surface area contributed by atoms with E-state index < -0.39 is 11.7 Å². The van der Waals surface area contributed by atoms with Gasteiger partial charge >= 0.3 is 6.09 Å². The van der Waals surface area contributed by atoms with E-state index in [1.54, 1.807) is 26.8 Å². The monoisotopic (exact) mass is 227 g/mol. The summed E-state index contributed by atoms with van der Waals surface area (Å²) in [7, 11) is 0. The maximum Gasteiger partial charge on any atom is 0.408 e. The molecule has 5 heteroatoms. The van der Waals surface area contributed by atoms with E-state index in [0.29, 0.717) is 11.3 Å². The molecule has 1 aromatic heterocycles. The third-order valence-corrected chi connectivity index (χ3v) is 1.70. The van der Waals surface area contributed by atoms with Crippen molar-refractivity contribution in [2.45, 2.75) is 39.5 Å². The molecule has 0 aliphatic heterocycles. The number of ether oxygens (including phenoxy) is 1. The molecule has 0 atom stereocenters. The Morgan fingerprint density at radius 3 is 2.75 bits per heavy atom. The fraction of sp³-hybridized carbons (Fsp3) is 0.545. The Balaban J connectivity index is 2.37. The van der Waals surface area contributed by atoms with E-state index in [9.17, 15) is 4.79 Å². The second-order valence-electron chi connectivity index (χ2n) is 4.43. The molecular formula is C11H17NO4. The van der Waals surface area contributed by atoms with E-state index in [0.717, 1.165) is 0 Å². The lowest BCUT2D eigenvalue weighted by atomic mass is 10.2. The Bertz CT molecular complexity index is 351. The molecule has 1 amide bonds. The summed E-state index contributed by atoms with van der Waals surface area (Å²) in [5.74, 6) is 0.579. The van der Waals surface area contributed by atoms with Crippen LogP contribution in [0.2, 0.25) is 0 Å². The molecule has 2 N–H and O–H groups in total. The van der Waals surface area contributed by atoms with Crippen LogP contribution < -0.4 is 5.32 Å². The predicted octanol–water partition coefficient (Wildman–Crippen LogP) is 1.80. The summed E-state index contributed by atoms with van der Waals surface area (Å²) in [4.78, 5) is 11.3. The topological polar surface area (TPSA) is 71.7 Å². The van der Waals surface area contributed by atoms with E-state index >= 15 is 0 Å². The predicted molar refractivity (Wildman–Crippen MR) is 57.7 cm³/mol. The van der Waals surface area contributed by atoms with Crippen LogP contribution in [0.5, 0.6) is 0 Å². The SMILES string of the molecule is CC(C)(C)OC(=O)NCc1cc(CO)co1. The Morgan fingerprint density at radius 2 is 2.25 bits per heavy atom. The molecule has 0 spiro atoms. The van der Waals surface area contributed by atoms with Gasteiger partial charge in [0.05, 0.1) is 19.4 Å². The third-order valence-electron chi connectivity index (χ3n) is 1.70. The smallest absolute Gasteiger partial charge is 0.408 e. The van der Waals surface area contributed by atoms with Crippen molar-refractivity contribution in [3.8, 4) is 0 Å². The van der Waals surface area contributed by atoms with E-state index in [1.807, 2.05) is 0 Å². The molecule has 0 bridgehead atoms. The highest BCUT2D eigenvalue weighted by molar-refractivity contribution is 5.67. The fourth-order valence-corrected chi connectivity index (χ4v) is 1.08. The maximum atomic E-state index is 11.3. The largest absolute Gasteiger partial charge is 0.467 e. The van der Waals surface area contributed by atoms with Crippen LogP contribution in [-0.4, -0.2) is 16.8 Å². The number of furan rings is 1. The van der Waals surface area contributed by atoms with Crippen molar-refractivity contribution in [1.29, 1.82) is 0 Å². The summed E-state index contributed by atoms with van der Waals surface area (Å²) >= 11 is 0. The minimum absolute atomic E-state index is 0.0735. The quantitative estimate of drug-likeness (QED) is 0.825.